The molecule has 5 heteroatoms. The summed E-state index contributed by atoms with van der Waals surface area (Å²) < 4.78 is 15.7. The van der Waals surface area contributed by atoms with Crippen LogP contribution in [0.4, 0.5) is 0 Å². The van der Waals surface area contributed by atoms with Crippen LogP contribution in [-0.4, -0.2) is 6.61 Å². The minimum Gasteiger partial charge on any atom is -0.306 e. The number of hydrogen-bond acceptors (Lipinski definition) is 2. The SMILES string of the molecule is CCCCCCCC/C=C\CCCCCCCCOP(=O)(Cl)Cl. The predicted octanol–water partition coefficient (Wildman–Crippen LogP) is 8.63. The van der Waals surface area contributed by atoms with E-state index in [1.807, 2.05) is 0 Å². The highest BCUT2D eigenvalue weighted by Gasteiger charge is 2.12. The fourth-order valence-corrected chi connectivity index (χ4v) is 3.28. The van der Waals surface area contributed by atoms with Gasteiger partial charge in [0.2, 0.25) is 0 Å². The molecule has 0 aliphatic rings. The first-order valence-corrected chi connectivity index (χ1v) is 12.8. The zero-order chi connectivity index (χ0) is 17.2. The summed E-state index contributed by atoms with van der Waals surface area (Å²) in [6, 6.07) is 0. The summed E-state index contributed by atoms with van der Waals surface area (Å²) in [5.74, 6) is 0. The number of halogens is 2. The first-order valence-electron chi connectivity index (χ1n) is 9.35. The molecule has 0 aromatic heterocycles. The number of hydrogen-bond donors (Lipinski definition) is 0. The summed E-state index contributed by atoms with van der Waals surface area (Å²) in [5.41, 5.74) is 0. The second kappa shape index (κ2) is 17.3. The molecule has 0 amide bonds. The van der Waals surface area contributed by atoms with Gasteiger partial charge in [-0.1, -0.05) is 76.9 Å². The minimum atomic E-state index is -3.32. The molecule has 0 aliphatic heterocycles. The molecule has 0 unspecified atom stereocenters. The summed E-state index contributed by atoms with van der Waals surface area (Å²) in [7, 11) is 0. The van der Waals surface area contributed by atoms with Crippen molar-refractivity contribution in [3.05, 3.63) is 12.2 Å². The Kier molecular flexibility index (Phi) is 17.7. The molecule has 0 atom stereocenters. The van der Waals surface area contributed by atoms with Crippen molar-refractivity contribution >= 4 is 28.6 Å². The fourth-order valence-electron chi connectivity index (χ4n) is 2.52. The average Bonchev–Trinajstić information content (AvgIpc) is 2.49. The van der Waals surface area contributed by atoms with Crippen LogP contribution in [0.5, 0.6) is 0 Å². The Bertz CT molecular complexity index is 316. The van der Waals surface area contributed by atoms with Crippen molar-refractivity contribution in [2.24, 2.45) is 0 Å². The van der Waals surface area contributed by atoms with E-state index in [1.54, 1.807) is 0 Å². The molecule has 0 aromatic carbocycles. The average molecular weight is 385 g/mol. The van der Waals surface area contributed by atoms with E-state index in [4.69, 9.17) is 27.0 Å². The van der Waals surface area contributed by atoms with Crippen LogP contribution in [0.1, 0.15) is 96.8 Å². The lowest BCUT2D eigenvalue weighted by Gasteiger charge is -2.04. The van der Waals surface area contributed by atoms with Gasteiger partial charge in [-0.3, -0.25) is 4.57 Å². The second-order valence-corrected chi connectivity index (χ2v) is 10.5. The molecule has 0 N–H and O–H groups in total. The van der Waals surface area contributed by atoms with E-state index >= 15 is 0 Å². The van der Waals surface area contributed by atoms with E-state index in [0.717, 1.165) is 12.8 Å². The Morgan fingerprint density at radius 2 is 1.17 bits per heavy atom. The summed E-state index contributed by atoms with van der Waals surface area (Å²) in [5, 5.41) is 0. The Balaban J connectivity index is 3.12. The molecule has 0 rings (SSSR count). The van der Waals surface area contributed by atoms with Crippen molar-refractivity contribution in [3.8, 4) is 0 Å². The highest BCUT2D eigenvalue weighted by Crippen LogP contribution is 2.57. The molecular weight excluding hydrogens is 350 g/mol. The Morgan fingerprint density at radius 3 is 1.65 bits per heavy atom. The number of unbranched alkanes of at least 4 members (excludes halogenated alkanes) is 12. The molecule has 0 aliphatic carbocycles. The molecule has 0 saturated carbocycles. The van der Waals surface area contributed by atoms with Gasteiger partial charge in [0.25, 0.3) is 0 Å². The third-order valence-electron chi connectivity index (χ3n) is 3.90. The van der Waals surface area contributed by atoms with Crippen LogP contribution in [0.25, 0.3) is 0 Å². The third kappa shape index (κ3) is 22.5. The molecule has 0 spiro atoms. The van der Waals surface area contributed by atoms with Crippen LogP contribution in [0.15, 0.2) is 12.2 Å². The standard InChI is InChI=1S/C18H35Cl2O2P/c1-2-3-4-5-6-7-8-9-10-11-12-13-14-15-16-17-18-22-23(19,20)21/h9-10H,2-8,11-18H2,1H3/b10-9-. The smallest absolute Gasteiger partial charge is 0.306 e. The Hall–Kier alpha value is 0.510. The molecule has 0 heterocycles. The maximum Gasteiger partial charge on any atom is 0.380 e. The van der Waals surface area contributed by atoms with Gasteiger partial charge in [0.05, 0.1) is 6.61 Å². The molecule has 0 saturated heterocycles. The maximum absolute atomic E-state index is 10.9. The van der Waals surface area contributed by atoms with Gasteiger partial charge in [0.1, 0.15) is 0 Å². The summed E-state index contributed by atoms with van der Waals surface area (Å²) >= 11 is 10.6. The quantitative estimate of drug-likeness (QED) is 0.142. The van der Waals surface area contributed by atoms with Crippen molar-refractivity contribution in [1.82, 2.24) is 0 Å². The van der Waals surface area contributed by atoms with Gasteiger partial charge in [0, 0.05) is 0 Å². The first-order chi connectivity index (χ1) is 11.1. The Morgan fingerprint density at radius 1 is 0.739 bits per heavy atom. The fraction of sp³-hybridized carbons (Fsp3) is 0.889. The first kappa shape index (κ1) is 23.5. The van der Waals surface area contributed by atoms with Crippen LogP contribution >= 0.6 is 28.6 Å². The molecular formula is C18H35Cl2O2P. The molecule has 0 bridgehead atoms. The van der Waals surface area contributed by atoms with Crippen LogP contribution in [0.3, 0.4) is 0 Å². The lowest BCUT2D eigenvalue weighted by molar-refractivity contribution is 0.320. The normalized spacial score (nSPS) is 12.3. The largest absolute Gasteiger partial charge is 0.380 e. The highest BCUT2D eigenvalue weighted by molar-refractivity contribution is 8.05. The lowest BCUT2D eigenvalue weighted by atomic mass is 10.1. The second-order valence-electron chi connectivity index (χ2n) is 6.19. The monoisotopic (exact) mass is 384 g/mol. The lowest BCUT2D eigenvalue weighted by Crippen LogP contribution is -1.88. The third-order valence-corrected chi connectivity index (χ3v) is 4.97. The molecule has 138 valence electrons. The number of rotatable bonds is 17. The van der Waals surface area contributed by atoms with Gasteiger partial charge in [0.15, 0.2) is 0 Å². The summed E-state index contributed by atoms with van der Waals surface area (Å²) in [6.45, 7) is 2.66. The van der Waals surface area contributed by atoms with Gasteiger partial charge in [-0.2, -0.15) is 0 Å². The van der Waals surface area contributed by atoms with E-state index in [-0.39, 0.29) is 0 Å². The van der Waals surface area contributed by atoms with Crippen molar-refractivity contribution in [1.29, 1.82) is 0 Å². The van der Waals surface area contributed by atoms with Crippen LogP contribution in [0, 0.1) is 0 Å². The molecule has 0 aromatic rings. The maximum atomic E-state index is 10.9. The highest BCUT2D eigenvalue weighted by atomic mass is 35.9. The van der Waals surface area contributed by atoms with Crippen molar-refractivity contribution in [2.75, 3.05) is 6.61 Å². The predicted molar refractivity (Wildman–Crippen MR) is 105 cm³/mol. The van der Waals surface area contributed by atoms with Crippen LogP contribution in [0.2, 0.25) is 0 Å². The van der Waals surface area contributed by atoms with Gasteiger partial charge >= 0.3 is 6.07 Å². The zero-order valence-corrected chi connectivity index (χ0v) is 17.2. The van der Waals surface area contributed by atoms with Gasteiger partial charge in [-0.05, 0) is 54.6 Å². The van der Waals surface area contributed by atoms with Crippen LogP contribution in [-0.2, 0) is 9.09 Å². The minimum absolute atomic E-state index is 0.394. The van der Waals surface area contributed by atoms with Gasteiger partial charge in [-0.15, -0.1) is 0 Å². The van der Waals surface area contributed by atoms with Gasteiger partial charge in [-0.25, -0.2) is 0 Å². The topological polar surface area (TPSA) is 26.3 Å². The van der Waals surface area contributed by atoms with E-state index < -0.39 is 6.07 Å². The molecule has 0 fully saturated rings. The molecule has 23 heavy (non-hydrogen) atoms. The molecule has 2 nitrogen and oxygen atoms in total. The Labute approximate surface area is 153 Å². The summed E-state index contributed by atoms with van der Waals surface area (Å²) in [4.78, 5) is 0. The van der Waals surface area contributed by atoms with Crippen LogP contribution < -0.4 is 0 Å². The zero-order valence-electron chi connectivity index (χ0n) is 14.8. The number of allylic oxidation sites excluding steroid dienone is 2. The van der Waals surface area contributed by atoms with Crippen molar-refractivity contribution < 1.29 is 9.09 Å². The summed E-state index contributed by atoms with van der Waals surface area (Å²) in [6.07, 6.45) is 19.1. The van der Waals surface area contributed by atoms with E-state index in [1.165, 1.54) is 77.0 Å². The van der Waals surface area contributed by atoms with E-state index in [0.29, 0.717) is 6.61 Å². The van der Waals surface area contributed by atoms with E-state index in [9.17, 15) is 4.57 Å². The van der Waals surface area contributed by atoms with Gasteiger partial charge < -0.3 is 4.52 Å². The van der Waals surface area contributed by atoms with Crippen molar-refractivity contribution in [2.45, 2.75) is 96.8 Å². The molecule has 0 radical (unpaired) electrons. The van der Waals surface area contributed by atoms with E-state index in [2.05, 4.69) is 19.1 Å². The van der Waals surface area contributed by atoms with Crippen molar-refractivity contribution in [3.63, 3.8) is 0 Å².